The van der Waals surface area contributed by atoms with E-state index in [4.69, 9.17) is 4.52 Å². The molecule has 3 aromatic rings. The van der Waals surface area contributed by atoms with Crippen molar-refractivity contribution >= 4 is 11.9 Å². The number of rotatable bonds is 4. The number of aryl methyl sites for hydroxylation is 1. The number of halogens is 1. The minimum atomic E-state index is -0.313. The molecule has 0 fully saturated rings. The Morgan fingerprint density at radius 2 is 2.10 bits per heavy atom. The highest BCUT2D eigenvalue weighted by molar-refractivity contribution is 5.49. The minimum Gasteiger partial charge on any atom is -0.360 e. The third-order valence-electron chi connectivity index (χ3n) is 2.66. The van der Waals surface area contributed by atoms with Crippen LogP contribution in [0.5, 0.6) is 0 Å². The first-order valence-electron chi connectivity index (χ1n) is 6.13. The summed E-state index contributed by atoms with van der Waals surface area (Å²) in [4.78, 5) is 0. The maximum Gasteiger partial charge on any atom is 0.181 e. The molecule has 0 radical (unpaired) electrons. The Morgan fingerprint density at radius 1 is 1.29 bits per heavy atom. The summed E-state index contributed by atoms with van der Waals surface area (Å²) in [5, 5.41) is 18.1. The lowest BCUT2D eigenvalue weighted by Crippen LogP contribution is -2.00. The molecule has 0 saturated carbocycles. The van der Waals surface area contributed by atoms with Crippen LogP contribution in [0.15, 0.2) is 41.1 Å². The van der Waals surface area contributed by atoms with Gasteiger partial charge in [0.1, 0.15) is 11.6 Å². The van der Waals surface area contributed by atoms with Gasteiger partial charge in [0.25, 0.3) is 0 Å². The van der Waals surface area contributed by atoms with Gasteiger partial charge < -0.3 is 9.84 Å². The highest BCUT2D eigenvalue weighted by Crippen LogP contribution is 2.11. The number of hydrogen-bond acceptors (Lipinski definition) is 6. The van der Waals surface area contributed by atoms with Gasteiger partial charge in [0.05, 0.1) is 5.69 Å². The van der Waals surface area contributed by atoms with Crippen LogP contribution in [0.2, 0.25) is 0 Å². The van der Waals surface area contributed by atoms with Gasteiger partial charge in [-0.2, -0.15) is 4.68 Å². The van der Waals surface area contributed by atoms with Crippen LogP contribution in [0.25, 0.3) is 11.8 Å². The van der Waals surface area contributed by atoms with E-state index in [2.05, 4.69) is 26.0 Å². The Kier molecular flexibility index (Phi) is 3.42. The fourth-order valence-electron chi connectivity index (χ4n) is 1.70. The summed E-state index contributed by atoms with van der Waals surface area (Å²) >= 11 is 0. The Bertz CT molecular complexity index is 761. The number of aromatic nitrogens is 5. The largest absolute Gasteiger partial charge is 0.360 e. The van der Waals surface area contributed by atoms with Gasteiger partial charge in [0.2, 0.25) is 0 Å². The zero-order valence-corrected chi connectivity index (χ0v) is 11.1. The third kappa shape index (κ3) is 2.94. The first kappa shape index (κ1) is 13.0. The van der Waals surface area contributed by atoms with Crippen molar-refractivity contribution in [3.8, 4) is 5.69 Å². The van der Waals surface area contributed by atoms with Gasteiger partial charge in [0.15, 0.2) is 11.6 Å². The van der Waals surface area contributed by atoms with E-state index in [0.29, 0.717) is 23.1 Å². The second-order valence-electron chi connectivity index (χ2n) is 4.23. The van der Waals surface area contributed by atoms with Crippen molar-refractivity contribution in [2.24, 2.45) is 0 Å². The van der Waals surface area contributed by atoms with E-state index in [9.17, 15) is 4.39 Å². The van der Waals surface area contributed by atoms with Crippen molar-refractivity contribution in [2.75, 3.05) is 5.32 Å². The second kappa shape index (κ2) is 5.53. The van der Waals surface area contributed by atoms with Crippen molar-refractivity contribution in [3.05, 3.63) is 53.9 Å². The Balaban J connectivity index is 1.77. The van der Waals surface area contributed by atoms with Crippen LogP contribution in [0.3, 0.4) is 0 Å². The molecule has 1 aromatic carbocycles. The van der Waals surface area contributed by atoms with Crippen molar-refractivity contribution in [3.63, 3.8) is 0 Å². The summed E-state index contributed by atoms with van der Waals surface area (Å²) in [6, 6.07) is 7.64. The van der Waals surface area contributed by atoms with E-state index in [1.54, 1.807) is 37.4 Å². The van der Waals surface area contributed by atoms with Crippen LogP contribution in [-0.4, -0.2) is 25.4 Å². The van der Waals surface area contributed by atoms with E-state index in [1.807, 2.05) is 0 Å². The van der Waals surface area contributed by atoms with Crippen molar-refractivity contribution < 1.29 is 8.91 Å². The standard InChI is InChI=1S/C13H11FN6O/c1-9-8-12(17-21-9)15-7-6-13-16-18-19-20(13)11-4-2-10(14)3-5-11/h2-8H,1H3,(H,15,17). The van der Waals surface area contributed by atoms with E-state index in [1.165, 1.54) is 16.8 Å². The Hall–Kier alpha value is -3.03. The predicted molar refractivity (Wildman–Crippen MR) is 73.0 cm³/mol. The first-order chi connectivity index (χ1) is 10.2. The molecule has 3 rings (SSSR count). The topological polar surface area (TPSA) is 81.7 Å². The molecule has 0 aliphatic heterocycles. The number of benzene rings is 1. The van der Waals surface area contributed by atoms with Gasteiger partial charge in [-0.15, -0.1) is 5.10 Å². The Morgan fingerprint density at radius 3 is 2.81 bits per heavy atom. The van der Waals surface area contributed by atoms with Crippen molar-refractivity contribution in [1.82, 2.24) is 25.4 Å². The minimum absolute atomic E-state index is 0.313. The third-order valence-corrected chi connectivity index (χ3v) is 2.66. The molecule has 21 heavy (non-hydrogen) atoms. The SMILES string of the molecule is Cc1cc(NC=Cc2nnnn2-c2ccc(F)cc2)no1. The Labute approximate surface area is 119 Å². The maximum absolute atomic E-state index is 12.9. The molecule has 1 N–H and O–H groups in total. The number of hydrogen-bond donors (Lipinski definition) is 1. The van der Waals surface area contributed by atoms with Gasteiger partial charge in [-0.3, -0.25) is 0 Å². The molecule has 0 amide bonds. The second-order valence-corrected chi connectivity index (χ2v) is 4.23. The lowest BCUT2D eigenvalue weighted by Gasteiger charge is -2.01. The monoisotopic (exact) mass is 286 g/mol. The molecule has 0 aliphatic carbocycles. The quantitative estimate of drug-likeness (QED) is 0.791. The zero-order chi connectivity index (χ0) is 14.7. The lowest BCUT2D eigenvalue weighted by atomic mass is 10.3. The fraction of sp³-hybridized carbons (Fsp3) is 0.0769. The molecule has 0 unspecified atom stereocenters. The molecule has 0 atom stereocenters. The lowest BCUT2D eigenvalue weighted by molar-refractivity contribution is 0.400. The van der Waals surface area contributed by atoms with Crippen LogP contribution in [-0.2, 0) is 0 Å². The number of nitrogens with one attached hydrogen (secondary N) is 1. The number of nitrogens with zero attached hydrogens (tertiary/aromatic N) is 5. The van der Waals surface area contributed by atoms with Gasteiger partial charge >= 0.3 is 0 Å². The van der Waals surface area contributed by atoms with Gasteiger partial charge in [0, 0.05) is 18.3 Å². The molecule has 2 heterocycles. The van der Waals surface area contributed by atoms with E-state index < -0.39 is 0 Å². The zero-order valence-electron chi connectivity index (χ0n) is 11.1. The molecule has 2 aromatic heterocycles. The fourth-order valence-corrected chi connectivity index (χ4v) is 1.70. The predicted octanol–water partition coefficient (Wildman–Crippen LogP) is 2.18. The van der Waals surface area contributed by atoms with E-state index in [-0.39, 0.29) is 5.82 Å². The first-order valence-corrected chi connectivity index (χ1v) is 6.13. The van der Waals surface area contributed by atoms with Gasteiger partial charge in [-0.05, 0) is 41.6 Å². The summed E-state index contributed by atoms with van der Waals surface area (Å²) in [5.74, 6) is 1.48. The highest BCUT2D eigenvalue weighted by atomic mass is 19.1. The molecule has 106 valence electrons. The normalized spacial score (nSPS) is 11.1. The smallest absolute Gasteiger partial charge is 0.181 e. The molecule has 8 heteroatoms. The summed E-state index contributed by atoms with van der Waals surface area (Å²) in [7, 11) is 0. The highest BCUT2D eigenvalue weighted by Gasteiger charge is 2.05. The summed E-state index contributed by atoms with van der Waals surface area (Å²) in [6.07, 6.45) is 3.32. The average Bonchev–Trinajstić information content (AvgIpc) is 3.09. The van der Waals surface area contributed by atoms with Gasteiger partial charge in [-0.1, -0.05) is 5.16 Å². The van der Waals surface area contributed by atoms with E-state index >= 15 is 0 Å². The van der Waals surface area contributed by atoms with Gasteiger partial charge in [-0.25, -0.2) is 4.39 Å². The molecule has 7 nitrogen and oxygen atoms in total. The van der Waals surface area contributed by atoms with Crippen LogP contribution in [0, 0.1) is 12.7 Å². The summed E-state index contributed by atoms with van der Waals surface area (Å²) < 4.78 is 19.3. The van der Waals surface area contributed by atoms with Crippen LogP contribution in [0.1, 0.15) is 11.6 Å². The molecule has 0 spiro atoms. The number of tetrazole rings is 1. The molecule has 0 saturated heterocycles. The van der Waals surface area contributed by atoms with Crippen LogP contribution >= 0.6 is 0 Å². The van der Waals surface area contributed by atoms with Crippen molar-refractivity contribution in [2.45, 2.75) is 6.92 Å². The van der Waals surface area contributed by atoms with Crippen LogP contribution in [0.4, 0.5) is 10.2 Å². The maximum atomic E-state index is 12.9. The van der Waals surface area contributed by atoms with Crippen LogP contribution < -0.4 is 5.32 Å². The van der Waals surface area contributed by atoms with E-state index in [0.717, 1.165) is 0 Å². The molecule has 0 aliphatic rings. The average molecular weight is 286 g/mol. The van der Waals surface area contributed by atoms with Crippen molar-refractivity contribution in [1.29, 1.82) is 0 Å². The summed E-state index contributed by atoms with van der Waals surface area (Å²) in [6.45, 7) is 1.80. The molecular weight excluding hydrogens is 275 g/mol. The molecule has 0 bridgehead atoms. The summed E-state index contributed by atoms with van der Waals surface area (Å²) in [5.41, 5.74) is 0.665. The molecular formula is C13H11FN6O. The number of anilines is 1.